The number of ether oxygens (including phenoxy) is 1. The smallest absolute Gasteiger partial charge is 0.261 e. The summed E-state index contributed by atoms with van der Waals surface area (Å²) in [6.45, 7) is 4.02. The summed E-state index contributed by atoms with van der Waals surface area (Å²) >= 11 is 8.12. The predicted molar refractivity (Wildman–Crippen MR) is 115 cm³/mol. The molecule has 0 saturated heterocycles. The van der Waals surface area contributed by atoms with Gasteiger partial charge >= 0.3 is 0 Å². The van der Waals surface area contributed by atoms with Crippen molar-refractivity contribution in [1.29, 1.82) is 0 Å². The lowest BCUT2D eigenvalue weighted by molar-refractivity contribution is -0.136. The van der Waals surface area contributed by atoms with Crippen molar-refractivity contribution >= 4 is 40.1 Å². The Bertz CT molecular complexity index is 927. The van der Waals surface area contributed by atoms with Crippen molar-refractivity contribution in [3.63, 3.8) is 0 Å². The van der Waals surface area contributed by atoms with Crippen molar-refractivity contribution in [1.82, 2.24) is 15.0 Å². The molecule has 0 fully saturated rings. The highest BCUT2D eigenvalue weighted by Gasteiger charge is 2.21. The van der Waals surface area contributed by atoms with Crippen LogP contribution in [0.3, 0.4) is 0 Å². The van der Waals surface area contributed by atoms with Crippen LogP contribution < -0.4 is 4.74 Å². The van der Waals surface area contributed by atoms with E-state index in [9.17, 15) is 4.79 Å². The number of carbonyl (C=O) groups excluding carboxylic acids is 1. The van der Waals surface area contributed by atoms with E-state index in [1.165, 1.54) is 0 Å². The van der Waals surface area contributed by atoms with Crippen LogP contribution in [0.2, 0.25) is 5.02 Å². The summed E-state index contributed by atoms with van der Waals surface area (Å²) < 4.78 is 12.0. The molecule has 6 nitrogen and oxygen atoms in total. The Morgan fingerprint density at radius 1 is 1.18 bits per heavy atom. The van der Waals surface area contributed by atoms with Gasteiger partial charge in [-0.25, -0.2) is 0 Å². The van der Waals surface area contributed by atoms with Crippen molar-refractivity contribution in [2.75, 3.05) is 6.61 Å². The molecule has 0 aliphatic heterocycles. The topological polar surface area (TPSA) is 68.5 Å². The van der Waals surface area contributed by atoms with Gasteiger partial charge < -0.3 is 14.2 Å². The third kappa shape index (κ3) is 5.45. The van der Waals surface area contributed by atoms with Crippen LogP contribution in [0.25, 0.3) is 11.4 Å². The number of carbonyl (C=O) groups is 1. The Morgan fingerprint density at radius 3 is 2.50 bits per heavy atom. The van der Waals surface area contributed by atoms with Crippen molar-refractivity contribution in [2.45, 2.75) is 26.4 Å². The van der Waals surface area contributed by atoms with E-state index in [0.29, 0.717) is 22.5 Å². The van der Waals surface area contributed by atoms with Gasteiger partial charge in [0.05, 0.1) is 0 Å². The highest BCUT2D eigenvalue weighted by atomic mass is 127. The van der Waals surface area contributed by atoms with E-state index >= 15 is 0 Å². The zero-order valence-corrected chi connectivity index (χ0v) is 18.3. The molecule has 146 valence electrons. The number of benzene rings is 2. The number of hydrogen-bond donors (Lipinski definition) is 0. The molecule has 0 aliphatic carbocycles. The van der Waals surface area contributed by atoms with Crippen LogP contribution in [0.15, 0.2) is 53.1 Å². The van der Waals surface area contributed by atoms with Gasteiger partial charge in [0.15, 0.2) is 6.61 Å². The SMILES string of the molecule is CC(C)N(Cc1nc(-c2ccc(Cl)cc2)no1)C(=O)COc1ccc(I)cc1. The first-order valence-electron chi connectivity index (χ1n) is 8.68. The van der Waals surface area contributed by atoms with Crippen molar-refractivity contribution < 1.29 is 14.1 Å². The fourth-order valence-electron chi connectivity index (χ4n) is 2.50. The molecule has 8 heteroatoms. The van der Waals surface area contributed by atoms with E-state index in [1.807, 2.05) is 50.2 Å². The zero-order chi connectivity index (χ0) is 20.1. The molecule has 0 N–H and O–H groups in total. The molecule has 0 saturated carbocycles. The summed E-state index contributed by atoms with van der Waals surface area (Å²) in [5.41, 5.74) is 0.795. The summed E-state index contributed by atoms with van der Waals surface area (Å²) in [6.07, 6.45) is 0. The minimum absolute atomic E-state index is 0.0429. The van der Waals surface area contributed by atoms with Crippen molar-refractivity contribution in [2.24, 2.45) is 0 Å². The lowest BCUT2D eigenvalue weighted by Gasteiger charge is -2.25. The van der Waals surface area contributed by atoms with Gasteiger partial charge in [0.1, 0.15) is 12.3 Å². The van der Waals surface area contributed by atoms with Crippen LogP contribution in [-0.2, 0) is 11.3 Å². The summed E-state index contributed by atoms with van der Waals surface area (Å²) in [4.78, 5) is 18.7. The molecule has 0 spiro atoms. The molecular formula is C20H19ClIN3O3. The molecule has 3 rings (SSSR count). The third-order valence-electron chi connectivity index (χ3n) is 4.00. The largest absolute Gasteiger partial charge is 0.484 e. The first kappa shape index (κ1) is 20.6. The molecule has 28 heavy (non-hydrogen) atoms. The zero-order valence-electron chi connectivity index (χ0n) is 15.4. The quantitative estimate of drug-likeness (QED) is 0.426. The van der Waals surface area contributed by atoms with Gasteiger partial charge in [0.25, 0.3) is 5.91 Å². The Balaban J connectivity index is 1.64. The van der Waals surface area contributed by atoms with Crippen LogP contribution >= 0.6 is 34.2 Å². The maximum atomic E-state index is 12.6. The lowest BCUT2D eigenvalue weighted by atomic mass is 10.2. The monoisotopic (exact) mass is 511 g/mol. The number of halogens is 2. The summed E-state index contributed by atoms with van der Waals surface area (Å²) in [6, 6.07) is 14.6. The Labute approximate surface area is 182 Å². The number of hydrogen-bond acceptors (Lipinski definition) is 5. The first-order valence-corrected chi connectivity index (χ1v) is 10.1. The van der Waals surface area contributed by atoms with Gasteiger partial charge in [-0.2, -0.15) is 4.98 Å². The lowest BCUT2D eigenvalue weighted by Crippen LogP contribution is -2.39. The fraction of sp³-hybridized carbons (Fsp3) is 0.250. The van der Waals surface area contributed by atoms with Crippen molar-refractivity contribution in [3.8, 4) is 17.1 Å². The van der Waals surface area contributed by atoms with E-state index in [2.05, 4.69) is 32.7 Å². The second-order valence-electron chi connectivity index (χ2n) is 6.38. The van der Waals surface area contributed by atoms with Gasteiger partial charge in [-0.3, -0.25) is 4.79 Å². The molecule has 0 aliphatic rings. The molecule has 2 aromatic carbocycles. The maximum absolute atomic E-state index is 12.6. The summed E-state index contributed by atoms with van der Waals surface area (Å²) in [5, 5.41) is 4.63. The molecule has 0 atom stereocenters. The fourth-order valence-corrected chi connectivity index (χ4v) is 2.98. The molecule has 1 amide bonds. The van der Waals surface area contributed by atoms with Crippen LogP contribution in [-0.4, -0.2) is 33.6 Å². The maximum Gasteiger partial charge on any atom is 0.261 e. The summed E-state index contributed by atoms with van der Waals surface area (Å²) in [7, 11) is 0. The van der Waals surface area contributed by atoms with Gasteiger partial charge in [-0.1, -0.05) is 16.8 Å². The number of aromatic nitrogens is 2. The Hall–Kier alpha value is -2.13. The van der Waals surface area contributed by atoms with E-state index in [0.717, 1.165) is 9.13 Å². The standard InChI is InChI=1S/C20H19ClIN3O3/c1-13(2)25(19(26)12-27-17-9-7-16(22)8-10-17)11-18-23-20(24-28-18)14-3-5-15(21)6-4-14/h3-10,13H,11-12H2,1-2H3. The molecular weight excluding hydrogens is 493 g/mol. The first-order chi connectivity index (χ1) is 13.4. The summed E-state index contributed by atoms with van der Waals surface area (Å²) in [5.74, 6) is 1.32. The highest BCUT2D eigenvalue weighted by molar-refractivity contribution is 14.1. The minimum atomic E-state index is -0.153. The van der Waals surface area contributed by atoms with Gasteiger partial charge in [-0.05, 0) is 85.0 Å². The minimum Gasteiger partial charge on any atom is -0.484 e. The van der Waals surface area contributed by atoms with E-state index < -0.39 is 0 Å². The highest BCUT2D eigenvalue weighted by Crippen LogP contribution is 2.20. The molecule has 1 aromatic heterocycles. The van der Waals surface area contributed by atoms with Crippen LogP contribution in [0.1, 0.15) is 19.7 Å². The van der Waals surface area contributed by atoms with Crippen LogP contribution in [0, 0.1) is 3.57 Å². The normalized spacial score (nSPS) is 10.9. The molecule has 3 aromatic rings. The van der Waals surface area contributed by atoms with Gasteiger partial charge in [0, 0.05) is 20.2 Å². The molecule has 1 heterocycles. The Kier molecular flexibility index (Phi) is 6.90. The average Bonchev–Trinajstić information content (AvgIpc) is 3.14. The molecule has 0 bridgehead atoms. The Morgan fingerprint density at radius 2 is 1.86 bits per heavy atom. The van der Waals surface area contributed by atoms with Crippen LogP contribution in [0.4, 0.5) is 0 Å². The molecule has 0 radical (unpaired) electrons. The molecule has 0 unspecified atom stereocenters. The van der Waals surface area contributed by atoms with Gasteiger partial charge in [0.2, 0.25) is 11.7 Å². The number of amides is 1. The van der Waals surface area contributed by atoms with E-state index in [4.69, 9.17) is 20.9 Å². The predicted octanol–water partition coefficient (Wildman–Crippen LogP) is 4.81. The van der Waals surface area contributed by atoms with E-state index in [1.54, 1.807) is 17.0 Å². The second-order valence-corrected chi connectivity index (χ2v) is 8.06. The van der Waals surface area contributed by atoms with Gasteiger partial charge in [-0.15, -0.1) is 0 Å². The second kappa shape index (κ2) is 9.38. The third-order valence-corrected chi connectivity index (χ3v) is 4.97. The number of rotatable bonds is 7. The van der Waals surface area contributed by atoms with Crippen LogP contribution in [0.5, 0.6) is 5.75 Å². The average molecular weight is 512 g/mol. The number of nitrogens with zero attached hydrogens (tertiary/aromatic N) is 3. The van der Waals surface area contributed by atoms with Crippen molar-refractivity contribution in [3.05, 3.63) is 63.0 Å². The van der Waals surface area contributed by atoms with E-state index in [-0.39, 0.29) is 25.1 Å².